The molecule has 0 aliphatic heterocycles. The summed E-state index contributed by atoms with van der Waals surface area (Å²) in [4.78, 5) is 16.2. The topological polar surface area (TPSA) is 30.7 Å². The SMILES string of the molecule is [C-]#[N+]c1cccc(-c2c([C@H](OC(C)(C)C)C(C)=O)c(C)cc3ccccc23)c1. The minimum atomic E-state index is -0.670. The maximum atomic E-state index is 12.6. The first-order chi connectivity index (χ1) is 13.2. The Bertz CT molecular complexity index is 1080. The highest BCUT2D eigenvalue weighted by Crippen LogP contribution is 2.41. The summed E-state index contributed by atoms with van der Waals surface area (Å²) in [5.41, 5.74) is 3.88. The third-order valence-electron chi connectivity index (χ3n) is 4.66. The van der Waals surface area contributed by atoms with Gasteiger partial charge in [-0.25, -0.2) is 4.85 Å². The van der Waals surface area contributed by atoms with Crippen LogP contribution in [0.3, 0.4) is 0 Å². The van der Waals surface area contributed by atoms with Crippen molar-refractivity contribution < 1.29 is 9.53 Å². The number of carbonyl (C=O) groups excluding carboxylic acids is 1. The fourth-order valence-corrected chi connectivity index (χ4v) is 3.58. The van der Waals surface area contributed by atoms with Crippen LogP contribution in [0.25, 0.3) is 26.7 Å². The predicted molar refractivity (Wildman–Crippen MR) is 115 cm³/mol. The maximum absolute atomic E-state index is 12.6. The minimum Gasteiger partial charge on any atom is -0.360 e. The zero-order valence-corrected chi connectivity index (χ0v) is 17.0. The van der Waals surface area contributed by atoms with Crippen LogP contribution in [0.2, 0.25) is 0 Å². The molecule has 28 heavy (non-hydrogen) atoms. The van der Waals surface area contributed by atoms with Gasteiger partial charge in [-0.15, -0.1) is 0 Å². The summed E-state index contributed by atoms with van der Waals surface area (Å²) in [5, 5.41) is 2.15. The van der Waals surface area contributed by atoms with E-state index < -0.39 is 11.7 Å². The molecule has 3 aromatic rings. The third-order valence-corrected chi connectivity index (χ3v) is 4.66. The molecule has 0 spiro atoms. The van der Waals surface area contributed by atoms with Crippen LogP contribution in [-0.4, -0.2) is 11.4 Å². The van der Waals surface area contributed by atoms with Gasteiger partial charge in [0.15, 0.2) is 11.5 Å². The summed E-state index contributed by atoms with van der Waals surface area (Å²) in [5.74, 6) is -0.0316. The van der Waals surface area contributed by atoms with Crippen LogP contribution in [0.1, 0.15) is 44.9 Å². The average Bonchev–Trinajstić information content (AvgIpc) is 2.64. The van der Waals surface area contributed by atoms with Crippen LogP contribution in [0.5, 0.6) is 0 Å². The Kier molecular flexibility index (Phi) is 5.36. The van der Waals surface area contributed by atoms with Gasteiger partial charge in [0.05, 0.1) is 12.2 Å². The minimum absolute atomic E-state index is 0.0316. The molecule has 142 valence electrons. The number of aryl methyl sites for hydroxylation is 1. The molecule has 3 nitrogen and oxygen atoms in total. The molecule has 0 N–H and O–H groups in total. The molecule has 0 heterocycles. The van der Waals surface area contributed by atoms with E-state index in [4.69, 9.17) is 11.3 Å². The van der Waals surface area contributed by atoms with Gasteiger partial charge in [0.1, 0.15) is 6.10 Å². The Labute approximate surface area is 166 Å². The summed E-state index contributed by atoms with van der Waals surface area (Å²) in [6, 6.07) is 17.8. The number of ketones is 1. The zero-order valence-electron chi connectivity index (χ0n) is 17.0. The monoisotopic (exact) mass is 371 g/mol. The molecule has 3 heteroatoms. The molecule has 0 radical (unpaired) electrons. The lowest BCUT2D eigenvalue weighted by Crippen LogP contribution is -2.27. The molecule has 0 saturated carbocycles. The highest BCUT2D eigenvalue weighted by molar-refractivity contribution is 6.01. The van der Waals surface area contributed by atoms with Crippen LogP contribution in [-0.2, 0) is 9.53 Å². The van der Waals surface area contributed by atoms with Crippen molar-refractivity contribution in [3.63, 3.8) is 0 Å². The van der Waals surface area contributed by atoms with Gasteiger partial charge >= 0.3 is 0 Å². The normalized spacial score (nSPS) is 12.6. The van der Waals surface area contributed by atoms with E-state index in [9.17, 15) is 4.79 Å². The first-order valence-corrected chi connectivity index (χ1v) is 9.39. The quantitative estimate of drug-likeness (QED) is 0.472. The van der Waals surface area contributed by atoms with Gasteiger partial charge in [0.2, 0.25) is 0 Å². The zero-order chi connectivity index (χ0) is 20.5. The lowest BCUT2D eigenvalue weighted by atomic mass is 9.86. The Hall–Kier alpha value is -2.96. The Morgan fingerprint density at radius 1 is 1.07 bits per heavy atom. The maximum Gasteiger partial charge on any atom is 0.187 e. The van der Waals surface area contributed by atoms with Crippen LogP contribution >= 0.6 is 0 Å². The van der Waals surface area contributed by atoms with E-state index in [2.05, 4.69) is 23.0 Å². The second-order valence-corrected chi connectivity index (χ2v) is 8.09. The average molecular weight is 371 g/mol. The van der Waals surface area contributed by atoms with Gasteiger partial charge in [0, 0.05) is 0 Å². The first-order valence-electron chi connectivity index (χ1n) is 9.39. The summed E-state index contributed by atoms with van der Waals surface area (Å²) in [6.45, 7) is 16.8. The van der Waals surface area contributed by atoms with Gasteiger partial charge in [-0.1, -0.05) is 48.5 Å². The van der Waals surface area contributed by atoms with Crippen molar-refractivity contribution in [1.29, 1.82) is 0 Å². The van der Waals surface area contributed by atoms with E-state index in [1.165, 1.54) is 0 Å². The van der Waals surface area contributed by atoms with E-state index in [1.54, 1.807) is 13.0 Å². The van der Waals surface area contributed by atoms with Crippen LogP contribution in [0, 0.1) is 13.5 Å². The Morgan fingerprint density at radius 2 is 1.79 bits per heavy atom. The van der Waals surface area contributed by atoms with Crippen molar-refractivity contribution in [2.45, 2.75) is 46.3 Å². The number of hydrogen-bond donors (Lipinski definition) is 0. The Morgan fingerprint density at radius 3 is 2.43 bits per heavy atom. The Balaban J connectivity index is 2.40. The molecule has 0 aliphatic carbocycles. The molecule has 0 amide bonds. The van der Waals surface area contributed by atoms with Crippen LogP contribution in [0.4, 0.5) is 5.69 Å². The highest BCUT2D eigenvalue weighted by Gasteiger charge is 2.29. The molecule has 0 unspecified atom stereocenters. The van der Waals surface area contributed by atoms with Crippen molar-refractivity contribution in [2.24, 2.45) is 0 Å². The van der Waals surface area contributed by atoms with Crippen molar-refractivity contribution >= 4 is 22.2 Å². The standard InChI is InChI=1S/C25H25NO2/c1-16-14-18-10-7-8-13-21(18)23(19-11-9-12-20(15-19)26-6)22(16)24(17(2)27)28-25(3,4)5/h7-15,24H,1-5H3/t24-/m1/s1. The number of rotatable bonds is 4. The lowest BCUT2D eigenvalue weighted by Gasteiger charge is -2.29. The lowest BCUT2D eigenvalue weighted by molar-refractivity contribution is -0.138. The van der Waals surface area contributed by atoms with Gasteiger partial charge in [-0.2, -0.15) is 0 Å². The smallest absolute Gasteiger partial charge is 0.187 e. The number of nitrogens with zero attached hydrogens (tertiary/aromatic N) is 1. The second kappa shape index (κ2) is 7.58. The molecule has 0 aromatic heterocycles. The van der Waals surface area contributed by atoms with Crippen molar-refractivity contribution in [3.8, 4) is 11.1 Å². The van der Waals surface area contributed by atoms with Crippen LogP contribution < -0.4 is 0 Å². The molecule has 0 fully saturated rings. The predicted octanol–water partition coefficient (Wildman–Crippen LogP) is 6.81. The van der Waals surface area contributed by atoms with E-state index >= 15 is 0 Å². The van der Waals surface area contributed by atoms with E-state index in [0.717, 1.165) is 33.0 Å². The molecule has 1 atom stereocenters. The number of carbonyl (C=O) groups is 1. The first kappa shape index (κ1) is 19.8. The number of Topliss-reactive ketones (excluding diaryl/α,β-unsaturated/α-hetero) is 1. The summed E-state index contributed by atoms with van der Waals surface area (Å²) in [6.07, 6.45) is -0.670. The van der Waals surface area contributed by atoms with E-state index in [-0.39, 0.29) is 5.78 Å². The number of hydrogen-bond acceptors (Lipinski definition) is 2. The van der Waals surface area contributed by atoms with Gasteiger partial charge < -0.3 is 4.74 Å². The molecule has 0 saturated heterocycles. The second-order valence-electron chi connectivity index (χ2n) is 8.09. The summed E-state index contributed by atoms with van der Waals surface area (Å²) < 4.78 is 6.22. The summed E-state index contributed by atoms with van der Waals surface area (Å²) in [7, 11) is 0. The molecular formula is C25H25NO2. The van der Waals surface area contributed by atoms with Crippen molar-refractivity contribution in [2.75, 3.05) is 0 Å². The summed E-state index contributed by atoms with van der Waals surface area (Å²) >= 11 is 0. The van der Waals surface area contributed by atoms with Crippen molar-refractivity contribution in [1.82, 2.24) is 0 Å². The molecule has 3 rings (SSSR count). The van der Waals surface area contributed by atoms with Gasteiger partial charge in [0.25, 0.3) is 0 Å². The fraction of sp³-hybridized carbons (Fsp3) is 0.280. The number of benzene rings is 3. The van der Waals surface area contributed by atoms with E-state index in [1.807, 2.05) is 58.0 Å². The highest BCUT2D eigenvalue weighted by atomic mass is 16.5. The van der Waals surface area contributed by atoms with Crippen molar-refractivity contribution in [3.05, 3.63) is 77.1 Å². The third kappa shape index (κ3) is 3.98. The van der Waals surface area contributed by atoms with Crippen LogP contribution in [0.15, 0.2) is 54.6 Å². The number of ether oxygens (including phenoxy) is 1. The molecule has 3 aromatic carbocycles. The van der Waals surface area contributed by atoms with Gasteiger partial charge in [-0.3, -0.25) is 4.79 Å². The molecule has 0 bridgehead atoms. The molecular weight excluding hydrogens is 346 g/mol. The molecule has 0 aliphatic rings. The largest absolute Gasteiger partial charge is 0.360 e. The number of fused-ring (bicyclic) bond motifs is 1. The van der Waals surface area contributed by atoms with E-state index in [0.29, 0.717) is 5.69 Å². The fourth-order valence-electron chi connectivity index (χ4n) is 3.58. The van der Waals surface area contributed by atoms with Gasteiger partial charge in [-0.05, 0) is 73.7 Å².